The number of rotatable bonds is 3. The number of aromatic nitrogens is 2. The zero-order valence-electron chi connectivity index (χ0n) is 12.2. The maximum atomic E-state index is 12.3. The third-order valence-electron chi connectivity index (χ3n) is 3.70. The van der Waals surface area contributed by atoms with Gasteiger partial charge in [0, 0.05) is 17.6 Å². The number of benzene rings is 1. The fourth-order valence-electron chi connectivity index (χ4n) is 2.54. The standard InChI is InChI=1S/C15H17ClN4O.ClH/c1-10-14(15(21)19-12-5-6-17-8-12)9-18-20(10)13-4-2-3-11(16)7-13;/h2-4,7,9,12,17H,5-6,8H2,1H3,(H,19,21);1H. The van der Waals surface area contributed by atoms with Gasteiger partial charge in [0.25, 0.3) is 5.91 Å². The fourth-order valence-corrected chi connectivity index (χ4v) is 2.73. The minimum atomic E-state index is -0.0746. The summed E-state index contributed by atoms with van der Waals surface area (Å²) in [6.07, 6.45) is 2.57. The first-order chi connectivity index (χ1) is 10.1. The van der Waals surface area contributed by atoms with Crippen LogP contribution < -0.4 is 10.6 Å². The Hall–Kier alpha value is -1.56. The highest BCUT2D eigenvalue weighted by molar-refractivity contribution is 6.30. The van der Waals surface area contributed by atoms with Crippen LogP contribution in [0.1, 0.15) is 22.5 Å². The second-order valence-corrected chi connectivity index (χ2v) is 5.63. The van der Waals surface area contributed by atoms with Crippen LogP contribution in [0.2, 0.25) is 5.02 Å². The lowest BCUT2D eigenvalue weighted by molar-refractivity contribution is 0.0939. The second-order valence-electron chi connectivity index (χ2n) is 5.20. The van der Waals surface area contributed by atoms with Gasteiger partial charge in [-0.2, -0.15) is 5.10 Å². The molecule has 2 heterocycles. The number of amides is 1. The summed E-state index contributed by atoms with van der Waals surface area (Å²) in [5.74, 6) is -0.0746. The van der Waals surface area contributed by atoms with Crippen LogP contribution in [0.25, 0.3) is 5.69 Å². The van der Waals surface area contributed by atoms with E-state index in [4.69, 9.17) is 11.6 Å². The largest absolute Gasteiger partial charge is 0.348 e. The maximum absolute atomic E-state index is 12.3. The summed E-state index contributed by atoms with van der Waals surface area (Å²) in [5, 5.41) is 11.2. The van der Waals surface area contributed by atoms with Crippen LogP contribution in [0, 0.1) is 6.92 Å². The van der Waals surface area contributed by atoms with Crippen molar-refractivity contribution < 1.29 is 4.79 Å². The van der Waals surface area contributed by atoms with E-state index in [1.165, 1.54) is 0 Å². The van der Waals surface area contributed by atoms with Crippen molar-refractivity contribution >= 4 is 29.9 Å². The number of nitrogens with one attached hydrogen (secondary N) is 2. The summed E-state index contributed by atoms with van der Waals surface area (Å²) in [7, 11) is 0. The van der Waals surface area contributed by atoms with E-state index in [1.807, 2.05) is 31.2 Å². The average Bonchev–Trinajstić information content (AvgIpc) is 3.08. The number of carbonyl (C=O) groups is 1. The Morgan fingerprint density at radius 1 is 1.50 bits per heavy atom. The Balaban J connectivity index is 0.00000176. The van der Waals surface area contributed by atoms with E-state index < -0.39 is 0 Å². The highest BCUT2D eigenvalue weighted by atomic mass is 35.5. The van der Waals surface area contributed by atoms with Crippen LogP contribution in [0.4, 0.5) is 0 Å². The van der Waals surface area contributed by atoms with Gasteiger partial charge in [-0.15, -0.1) is 12.4 Å². The first-order valence-corrected chi connectivity index (χ1v) is 7.35. The average molecular weight is 341 g/mol. The molecule has 0 aliphatic carbocycles. The van der Waals surface area contributed by atoms with Gasteiger partial charge in [0.1, 0.15) is 0 Å². The third kappa shape index (κ3) is 3.43. The molecular weight excluding hydrogens is 323 g/mol. The molecule has 1 amide bonds. The zero-order valence-corrected chi connectivity index (χ0v) is 13.7. The van der Waals surface area contributed by atoms with Crippen molar-refractivity contribution in [1.82, 2.24) is 20.4 Å². The van der Waals surface area contributed by atoms with E-state index >= 15 is 0 Å². The first kappa shape index (κ1) is 16.8. The summed E-state index contributed by atoms with van der Waals surface area (Å²) in [4.78, 5) is 12.3. The van der Waals surface area contributed by atoms with E-state index in [9.17, 15) is 4.79 Å². The number of hydrogen-bond acceptors (Lipinski definition) is 3. The lowest BCUT2D eigenvalue weighted by Gasteiger charge is -2.11. The number of halogens is 2. The molecule has 118 valence electrons. The van der Waals surface area contributed by atoms with E-state index in [-0.39, 0.29) is 24.4 Å². The maximum Gasteiger partial charge on any atom is 0.255 e. The molecule has 1 saturated heterocycles. The Labute approximate surface area is 140 Å². The van der Waals surface area contributed by atoms with Crippen LogP contribution >= 0.6 is 24.0 Å². The van der Waals surface area contributed by atoms with Crippen LogP contribution in [0.15, 0.2) is 30.5 Å². The summed E-state index contributed by atoms with van der Waals surface area (Å²) in [6.45, 7) is 3.66. The van der Waals surface area contributed by atoms with Crippen LogP contribution in [0.5, 0.6) is 0 Å². The van der Waals surface area contributed by atoms with Crippen molar-refractivity contribution in [2.24, 2.45) is 0 Å². The van der Waals surface area contributed by atoms with Crippen molar-refractivity contribution in [2.45, 2.75) is 19.4 Å². The van der Waals surface area contributed by atoms with Crippen molar-refractivity contribution in [3.63, 3.8) is 0 Å². The summed E-state index contributed by atoms with van der Waals surface area (Å²) in [6, 6.07) is 7.61. The number of hydrogen-bond donors (Lipinski definition) is 2. The smallest absolute Gasteiger partial charge is 0.255 e. The Kier molecular flexibility index (Phi) is 5.45. The summed E-state index contributed by atoms with van der Waals surface area (Å²) in [5.41, 5.74) is 2.25. The number of nitrogens with zero attached hydrogens (tertiary/aromatic N) is 2. The topological polar surface area (TPSA) is 59.0 Å². The highest BCUT2D eigenvalue weighted by Gasteiger charge is 2.20. The van der Waals surface area contributed by atoms with Gasteiger partial charge in [0.2, 0.25) is 0 Å². The van der Waals surface area contributed by atoms with Crippen molar-refractivity contribution in [3.05, 3.63) is 46.7 Å². The van der Waals surface area contributed by atoms with E-state index in [0.717, 1.165) is 30.9 Å². The molecule has 5 nitrogen and oxygen atoms in total. The molecule has 1 unspecified atom stereocenters. The Morgan fingerprint density at radius 3 is 3.00 bits per heavy atom. The van der Waals surface area contributed by atoms with Crippen molar-refractivity contribution in [2.75, 3.05) is 13.1 Å². The SMILES string of the molecule is Cc1c(C(=O)NC2CCNC2)cnn1-c1cccc(Cl)c1.Cl. The minimum Gasteiger partial charge on any atom is -0.348 e. The van der Waals surface area contributed by atoms with Gasteiger partial charge >= 0.3 is 0 Å². The third-order valence-corrected chi connectivity index (χ3v) is 3.94. The Morgan fingerprint density at radius 2 is 2.32 bits per heavy atom. The molecule has 22 heavy (non-hydrogen) atoms. The monoisotopic (exact) mass is 340 g/mol. The van der Waals surface area contributed by atoms with Crippen molar-refractivity contribution in [1.29, 1.82) is 0 Å². The van der Waals surface area contributed by atoms with Gasteiger partial charge in [-0.3, -0.25) is 4.79 Å². The lowest BCUT2D eigenvalue weighted by atomic mass is 10.2. The molecule has 0 spiro atoms. The van der Waals surface area contributed by atoms with Crippen molar-refractivity contribution in [3.8, 4) is 5.69 Å². The molecule has 0 radical (unpaired) electrons. The van der Waals surface area contributed by atoms with Gasteiger partial charge in [0.15, 0.2) is 0 Å². The normalized spacial score (nSPS) is 17.1. The van der Waals surface area contributed by atoms with Crippen LogP contribution in [-0.4, -0.2) is 34.8 Å². The molecule has 1 aliphatic rings. The predicted molar refractivity (Wildman–Crippen MR) is 89.3 cm³/mol. The highest BCUT2D eigenvalue weighted by Crippen LogP contribution is 2.18. The van der Waals surface area contributed by atoms with Gasteiger partial charge in [-0.25, -0.2) is 4.68 Å². The molecule has 1 fully saturated rings. The quantitative estimate of drug-likeness (QED) is 0.901. The Bertz CT molecular complexity index is 665. The molecule has 1 aromatic heterocycles. The molecule has 2 aromatic rings. The molecule has 1 aromatic carbocycles. The zero-order chi connectivity index (χ0) is 14.8. The molecule has 7 heteroatoms. The minimum absolute atomic E-state index is 0. The number of carbonyl (C=O) groups excluding carboxylic acids is 1. The first-order valence-electron chi connectivity index (χ1n) is 6.97. The van der Waals surface area contributed by atoms with E-state index in [1.54, 1.807) is 10.9 Å². The summed E-state index contributed by atoms with van der Waals surface area (Å²) < 4.78 is 1.73. The molecule has 3 rings (SSSR count). The molecule has 0 bridgehead atoms. The van der Waals surface area contributed by atoms with Crippen LogP contribution in [0.3, 0.4) is 0 Å². The van der Waals surface area contributed by atoms with Gasteiger partial charge in [-0.05, 0) is 38.1 Å². The molecule has 0 saturated carbocycles. The molecular formula is C15H18Cl2N4O. The molecule has 1 atom stereocenters. The van der Waals surface area contributed by atoms with Gasteiger partial charge in [-0.1, -0.05) is 17.7 Å². The molecule has 2 N–H and O–H groups in total. The molecule has 1 aliphatic heterocycles. The second kappa shape index (κ2) is 7.13. The van der Waals surface area contributed by atoms with E-state index in [0.29, 0.717) is 10.6 Å². The van der Waals surface area contributed by atoms with E-state index in [2.05, 4.69) is 15.7 Å². The van der Waals surface area contributed by atoms with Gasteiger partial charge < -0.3 is 10.6 Å². The predicted octanol–water partition coefficient (Wildman–Crippen LogP) is 2.35. The fraction of sp³-hybridized carbons (Fsp3) is 0.333. The lowest BCUT2D eigenvalue weighted by Crippen LogP contribution is -2.36. The summed E-state index contributed by atoms with van der Waals surface area (Å²) >= 11 is 6.00. The van der Waals surface area contributed by atoms with Crippen LogP contribution in [-0.2, 0) is 0 Å². The van der Waals surface area contributed by atoms with Gasteiger partial charge in [0.05, 0.1) is 23.1 Å².